The molecule has 0 spiro atoms. The fraction of sp³-hybridized carbons (Fsp3) is 1.00. The Kier molecular flexibility index (Phi) is 29.2. The van der Waals surface area contributed by atoms with E-state index in [0.29, 0.717) is 39.6 Å². The molecule has 0 amide bonds. The summed E-state index contributed by atoms with van der Waals surface area (Å²) in [6.45, 7) is 20.5. The summed E-state index contributed by atoms with van der Waals surface area (Å²) in [6, 6.07) is 0. The van der Waals surface area contributed by atoms with E-state index in [1.54, 1.807) is 0 Å². The van der Waals surface area contributed by atoms with Crippen LogP contribution in [-0.2, 0) is 26.6 Å². The fourth-order valence-corrected chi connectivity index (χ4v) is 22.3. The van der Waals surface area contributed by atoms with Crippen LogP contribution in [0.2, 0.25) is 0 Å². The van der Waals surface area contributed by atoms with Crippen molar-refractivity contribution in [1.82, 2.24) is 0 Å². The number of hydrogen-bond donors (Lipinski definition) is 0. The maximum atomic E-state index is 6.36. The van der Waals surface area contributed by atoms with Crippen LogP contribution in [0.1, 0.15) is 132 Å². The first kappa shape index (κ1) is 41.6. The molecule has 0 saturated carbocycles. The third kappa shape index (κ3) is 17.2. The van der Waals surface area contributed by atoms with Gasteiger partial charge in [0.1, 0.15) is 0 Å². The average molecular weight is 679 g/mol. The van der Waals surface area contributed by atoms with Crippen LogP contribution < -0.4 is 0 Å². The van der Waals surface area contributed by atoms with Crippen molar-refractivity contribution in [2.24, 2.45) is 0 Å². The smallest absolute Gasteiger partial charge is 0.373 e. The third-order valence-corrected chi connectivity index (χ3v) is 22.7. The molecule has 0 rings (SSSR count). The van der Waals surface area contributed by atoms with Crippen molar-refractivity contribution in [2.75, 3.05) is 39.6 Å². The highest BCUT2D eigenvalue weighted by molar-refractivity contribution is 9.26. The molecule has 0 aliphatic rings. The Morgan fingerprint density at radius 3 is 0.925 bits per heavy atom. The van der Waals surface area contributed by atoms with Gasteiger partial charge in [0.2, 0.25) is 0 Å². The highest BCUT2D eigenvalue weighted by atomic mass is 33.7. The molecule has 12 heteroatoms. The summed E-state index contributed by atoms with van der Waals surface area (Å²) in [7, 11) is 1.76. The van der Waals surface area contributed by atoms with E-state index in [9.17, 15) is 0 Å². The number of rotatable bonds is 31. The maximum absolute atomic E-state index is 6.36. The first-order valence-electron chi connectivity index (χ1n) is 16.0. The van der Waals surface area contributed by atoms with Crippen LogP contribution in [0, 0.1) is 0 Å². The molecular weight excluding hydrogens is 617 g/mol. The largest absolute Gasteiger partial charge is 0.515 e. The lowest BCUT2D eigenvalue weighted by molar-refractivity contribution is 0.0679. The maximum Gasteiger partial charge on any atom is 0.515 e. The van der Waals surface area contributed by atoms with Gasteiger partial charge in [-0.25, -0.2) is 0 Å². The molecule has 0 radical (unpaired) electrons. The van der Waals surface area contributed by atoms with Crippen LogP contribution in [0.3, 0.4) is 0 Å². The van der Waals surface area contributed by atoms with Gasteiger partial charge in [-0.15, -0.1) is 0 Å². The van der Waals surface area contributed by atoms with Gasteiger partial charge < -0.3 is 26.6 Å². The molecule has 0 aromatic heterocycles. The van der Waals surface area contributed by atoms with Crippen LogP contribution >= 0.6 is 41.2 Å². The summed E-state index contributed by atoms with van der Waals surface area (Å²) >= 11 is 0. The van der Waals surface area contributed by atoms with E-state index >= 15 is 0 Å². The molecule has 0 aliphatic carbocycles. The van der Waals surface area contributed by atoms with Gasteiger partial charge in [0.05, 0.1) is 9.75 Å². The molecular formula is C28H62O6S4Si2. The van der Waals surface area contributed by atoms with Gasteiger partial charge in [0, 0.05) is 39.6 Å². The highest BCUT2D eigenvalue weighted by Gasteiger charge is 2.51. The van der Waals surface area contributed by atoms with E-state index in [-0.39, 0.29) is 9.75 Å². The highest BCUT2D eigenvalue weighted by Crippen LogP contribution is 2.51. The van der Waals surface area contributed by atoms with Crippen molar-refractivity contribution in [3.8, 4) is 0 Å². The minimum absolute atomic E-state index is 0.201. The Hall–Kier alpha value is 1.59. The summed E-state index contributed by atoms with van der Waals surface area (Å²) < 4.78 is 38.1. The molecule has 2 atom stereocenters. The van der Waals surface area contributed by atoms with Crippen LogP contribution in [-0.4, -0.2) is 67.0 Å². The predicted molar refractivity (Wildman–Crippen MR) is 186 cm³/mol. The minimum Gasteiger partial charge on any atom is -0.373 e. The van der Waals surface area contributed by atoms with Crippen LogP contribution in [0.15, 0.2) is 0 Å². The molecule has 2 unspecified atom stereocenters. The fourth-order valence-electron chi connectivity index (χ4n) is 4.58. The molecule has 6 nitrogen and oxygen atoms in total. The second-order valence-corrected chi connectivity index (χ2v) is 22.1. The van der Waals surface area contributed by atoms with Gasteiger partial charge in [-0.2, -0.15) is 0 Å². The molecule has 0 aromatic carbocycles. The number of hydrogen-bond acceptors (Lipinski definition) is 10. The average Bonchev–Trinajstić information content (AvgIpc) is 2.93. The van der Waals surface area contributed by atoms with Crippen molar-refractivity contribution in [3.05, 3.63) is 0 Å². The first-order valence-corrected chi connectivity index (χ1v) is 24.5. The molecule has 0 aromatic rings. The molecule has 0 saturated heterocycles. The topological polar surface area (TPSA) is 55.4 Å². The normalized spacial score (nSPS) is 14.1. The monoisotopic (exact) mass is 678 g/mol. The summed E-state index contributed by atoms with van der Waals surface area (Å²) in [5, 5.41) is 0. The van der Waals surface area contributed by atoms with Crippen molar-refractivity contribution in [2.45, 2.75) is 142 Å². The minimum atomic E-state index is -2.83. The second kappa shape index (κ2) is 28.1. The van der Waals surface area contributed by atoms with Gasteiger partial charge in [0.25, 0.3) is 0 Å². The lowest BCUT2D eigenvalue weighted by atomic mass is 10.1. The van der Waals surface area contributed by atoms with Crippen molar-refractivity contribution in [1.29, 1.82) is 0 Å². The lowest BCUT2D eigenvalue weighted by Crippen LogP contribution is -2.55. The lowest BCUT2D eigenvalue weighted by Gasteiger charge is -2.35. The Morgan fingerprint density at radius 2 is 0.675 bits per heavy atom. The summed E-state index contributed by atoms with van der Waals surface area (Å²) in [5.41, 5.74) is 0. The zero-order valence-electron chi connectivity index (χ0n) is 27.0. The Balaban J connectivity index is 5.59. The second-order valence-electron chi connectivity index (χ2n) is 9.52. The molecule has 0 N–H and O–H groups in total. The molecule has 0 aliphatic heterocycles. The van der Waals surface area contributed by atoms with Gasteiger partial charge in [-0.05, 0) is 74.0 Å². The van der Waals surface area contributed by atoms with Crippen LogP contribution in [0.4, 0.5) is 0 Å². The molecule has 242 valence electrons. The van der Waals surface area contributed by atoms with Gasteiger partial charge >= 0.3 is 17.6 Å². The van der Waals surface area contributed by atoms with E-state index < -0.39 is 17.6 Å². The predicted octanol–water partition coefficient (Wildman–Crippen LogP) is 10.3. The zero-order chi connectivity index (χ0) is 30.0. The standard InChI is InChI=1S/C28H62O6S4Si2/c1-9-17-19-21-23-25-27(39(29-11-3,30-12-4)31-13-5)35-37-38-36-28(26-24-22-20-18-10-2)40(32-14-6,33-15-7)34-16-8/h27-28H,9-26H2,1-8H3. The summed E-state index contributed by atoms with van der Waals surface area (Å²) in [4.78, 5) is 0.402. The third-order valence-electron chi connectivity index (χ3n) is 6.34. The Labute approximate surface area is 265 Å². The van der Waals surface area contributed by atoms with E-state index in [1.165, 1.54) is 64.2 Å². The van der Waals surface area contributed by atoms with Gasteiger partial charge in [0.15, 0.2) is 0 Å². The number of unbranched alkanes of at least 4 members (excludes halogenated alkanes) is 8. The zero-order valence-corrected chi connectivity index (χ0v) is 32.2. The van der Waals surface area contributed by atoms with Crippen molar-refractivity contribution in [3.63, 3.8) is 0 Å². The van der Waals surface area contributed by atoms with Gasteiger partial charge in [-0.3, -0.25) is 0 Å². The van der Waals surface area contributed by atoms with Crippen LogP contribution in [0.5, 0.6) is 0 Å². The SMILES string of the molecule is CCCCCCCC(SSSSC(CCCCCCC)[Si](OCC)(OCC)OCC)[Si](OCC)(OCC)OCC. The summed E-state index contributed by atoms with van der Waals surface area (Å²) in [5.74, 6) is 0. The first-order chi connectivity index (χ1) is 19.5. The van der Waals surface area contributed by atoms with E-state index in [2.05, 4.69) is 13.8 Å². The quantitative estimate of drug-likeness (QED) is 0.0402. The van der Waals surface area contributed by atoms with E-state index in [0.717, 1.165) is 12.8 Å². The molecule has 0 heterocycles. The Morgan fingerprint density at radius 1 is 0.400 bits per heavy atom. The van der Waals surface area contributed by atoms with E-state index in [4.69, 9.17) is 26.6 Å². The van der Waals surface area contributed by atoms with Crippen molar-refractivity contribution < 1.29 is 26.6 Å². The Bertz CT molecular complexity index is 477. The summed E-state index contributed by atoms with van der Waals surface area (Å²) in [6.07, 6.45) is 14.6. The molecule has 0 fully saturated rings. The molecule has 40 heavy (non-hydrogen) atoms. The van der Waals surface area contributed by atoms with Crippen LogP contribution in [0.25, 0.3) is 0 Å². The molecule has 0 bridgehead atoms. The van der Waals surface area contributed by atoms with E-state index in [1.807, 2.05) is 82.8 Å². The van der Waals surface area contributed by atoms with Crippen molar-refractivity contribution >= 4 is 58.8 Å². The van der Waals surface area contributed by atoms with Gasteiger partial charge in [-0.1, -0.05) is 99.6 Å².